The van der Waals surface area contributed by atoms with Crippen molar-refractivity contribution in [2.75, 3.05) is 12.3 Å². The molecule has 0 saturated carbocycles. The molecule has 3 N–H and O–H groups in total. The van der Waals surface area contributed by atoms with Crippen LogP contribution in [0.1, 0.15) is 44.1 Å². The third-order valence-corrected chi connectivity index (χ3v) is 7.30. The van der Waals surface area contributed by atoms with E-state index in [0.717, 1.165) is 28.1 Å². The minimum absolute atomic E-state index is 0.0744. The Balaban J connectivity index is 1.88. The molecular weight excluding hydrogens is 448 g/mol. The van der Waals surface area contributed by atoms with Gasteiger partial charge in [-0.2, -0.15) is 0 Å². The van der Waals surface area contributed by atoms with Crippen LogP contribution in [0.5, 0.6) is 0 Å². The van der Waals surface area contributed by atoms with Crippen molar-refractivity contribution in [2.24, 2.45) is 0 Å². The number of hydrogen-bond acceptors (Lipinski definition) is 7. The molecule has 0 bridgehead atoms. The lowest BCUT2D eigenvalue weighted by molar-refractivity contribution is -0.117. The Bertz CT molecular complexity index is 1240. The van der Waals surface area contributed by atoms with Gasteiger partial charge >= 0.3 is 0 Å². The third-order valence-electron chi connectivity index (χ3n) is 5.86. The van der Waals surface area contributed by atoms with Gasteiger partial charge in [0.1, 0.15) is 11.6 Å². The number of benzene rings is 2. The molecule has 8 heteroatoms. The van der Waals surface area contributed by atoms with Crippen LogP contribution in [0, 0.1) is 6.92 Å². The van der Waals surface area contributed by atoms with E-state index in [1.165, 1.54) is 4.90 Å². The van der Waals surface area contributed by atoms with Crippen molar-refractivity contribution in [1.82, 2.24) is 14.9 Å². The van der Waals surface area contributed by atoms with Crippen molar-refractivity contribution in [1.29, 1.82) is 0 Å². The average molecular weight is 479 g/mol. The Morgan fingerprint density at radius 3 is 2.56 bits per heavy atom. The van der Waals surface area contributed by atoms with Crippen LogP contribution in [0.25, 0.3) is 10.8 Å². The molecule has 0 radical (unpaired) electrons. The fourth-order valence-corrected chi connectivity index (χ4v) is 4.61. The van der Waals surface area contributed by atoms with Crippen LogP contribution in [0.15, 0.2) is 59.3 Å². The van der Waals surface area contributed by atoms with Gasteiger partial charge in [0.2, 0.25) is 11.5 Å². The van der Waals surface area contributed by atoms with Crippen LogP contribution in [0.4, 0.5) is 5.82 Å². The molecule has 7 nitrogen and oxygen atoms in total. The van der Waals surface area contributed by atoms with Crippen molar-refractivity contribution in [2.45, 2.75) is 46.1 Å². The Morgan fingerprint density at radius 2 is 1.91 bits per heavy atom. The zero-order valence-corrected chi connectivity index (χ0v) is 20.7. The summed E-state index contributed by atoms with van der Waals surface area (Å²) >= 11 is 1.06. The van der Waals surface area contributed by atoms with E-state index < -0.39 is 5.41 Å². The molecule has 0 spiro atoms. The van der Waals surface area contributed by atoms with Gasteiger partial charge in [0.15, 0.2) is 0 Å². The standard InChI is InChI=1S/C26H30N4O3S/c1-17(30(16-32)15-21-14-28-18(2)29-24(21)27)23(11-12-31)34-25(33)26(3,4)22-10-9-19-7-5-6-8-20(19)13-22/h5-10,13-14,16,31H,11-12,15H2,1-4H3,(H2,27,28,29). The monoisotopic (exact) mass is 478 g/mol. The molecule has 1 aromatic heterocycles. The van der Waals surface area contributed by atoms with Crippen molar-refractivity contribution in [3.05, 3.63) is 76.2 Å². The van der Waals surface area contributed by atoms with Crippen molar-refractivity contribution in [3.63, 3.8) is 0 Å². The summed E-state index contributed by atoms with van der Waals surface area (Å²) in [6.45, 7) is 7.29. The second-order valence-electron chi connectivity index (χ2n) is 8.62. The first-order chi connectivity index (χ1) is 16.2. The third kappa shape index (κ3) is 5.63. The summed E-state index contributed by atoms with van der Waals surface area (Å²) in [5.41, 5.74) is 7.30. The number of nitrogens with two attached hydrogens (primary N) is 1. The Labute approximate surface area is 204 Å². The van der Waals surface area contributed by atoms with Gasteiger partial charge in [0.25, 0.3) is 0 Å². The summed E-state index contributed by atoms with van der Waals surface area (Å²) in [5.74, 6) is 0.848. The summed E-state index contributed by atoms with van der Waals surface area (Å²) < 4.78 is 0. The molecule has 34 heavy (non-hydrogen) atoms. The lowest BCUT2D eigenvalue weighted by Gasteiger charge is -2.26. The predicted molar refractivity (Wildman–Crippen MR) is 137 cm³/mol. The maximum absolute atomic E-state index is 13.5. The molecular formula is C26H30N4O3S. The molecule has 0 aliphatic rings. The maximum atomic E-state index is 13.5. The van der Waals surface area contributed by atoms with Gasteiger partial charge in [-0.15, -0.1) is 0 Å². The van der Waals surface area contributed by atoms with Gasteiger partial charge in [-0.05, 0) is 44.0 Å². The number of fused-ring (bicyclic) bond motifs is 1. The van der Waals surface area contributed by atoms with Crippen LogP contribution in [0.3, 0.4) is 0 Å². The molecule has 3 rings (SSSR count). The summed E-state index contributed by atoms with van der Waals surface area (Å²) in [6.07, 6.45) is 2.53. The molecule has 0 aliphatic heterocycles. The lowest BCUT2D eigenvalue weighted by atomic mass is 9.85. The highest BCUT2D eigenvalue weighted by atomic mass is 32.2. The summed E-state index contributed by atoms with van der Waals surface area (Å²) in [5, 5.41) is 11.8. The van der Waals surface area contributed by atoms with Gasteiger partial charge in [-0.1, -0.05) is 54.2 Å². The van der Waals surface area contributed by atoms with E-state index in [0.29, 0.717) is 34.2 Å². The number of carbonyl (C=O) groups is 2. The first-order valence-electron chi connectivity index (χ1n) is 11.0. The first-order valence-corrected chi connectivity index (χ1v) is 11.8. The van der Waals surface area contributed by atoms with E-state index in [-0.39, 0.29) is 24.7 Å². The van der Waals surface area contributed by atoms with E-state index in [2.05, 4.69) is 9.97 Å². The number of hydrogen-bond donors (Lipinski definition) is 2. The van der Waals surface area contributed by atoms with Crippen molar-refractivity contribution in [3.8, 4) is 0 Å². The molecule has 1 amide bonds. The van der Waals surface area contributed by atoms with Crippen LogP contribution >= 0.6 is 11.8 Å². The highest BCUT2D eigenvalue weighted by molar-refractivity contribution is 8.17. The highest BCUT2D eigenvalue weighted by Crippen LogP contribution is 2.36. The maximum Gasteiger partial charge on any atom is 0.214 e. The number of allylic oxidation sites excluding steroid dienone is 1. The largest absolute Gasteiger partial charge is 0.396 e. The fourth-order valence-electron chi connectivity index (χ4n) is 3.56. The number of aliphatic hydroxyl groups is 1. The van der Waals surface area contributed by atoms with E-state index in [1.54, 1.807) is 20.0 Å². The molecule has 0 saturated heterocycles. The molecule has 0 atom stereocenters. The minimum atomic E-state index is -0.781. The first kappa shape index (κ1) is 25.4. The number of amides is 1. The lowest BCUT2D eigenvalue weighted by Crippen LogP contribution is -2.27. The molecule has 178 valence electrons. The summed E-state index contributed by atoms with van der Waals surface area (Å²) in [7, 11) is 0. The number of nitrogens with zero attached hydrogens (tertiary/aromatic N) is 3. The van der Waals surface area contributed by atoms with E-state index >= 15 is 0 Å². The zero-order chi connectivity index (χ0) is 24.9. The van der Waals surface area contributed by atoms with E-state index in [1.807, 2.05) is 56.3 Å². The second-order valence-corrected chi connectivity index (χ2v) is 9.69. The van der Waals surface area contributed by atoms with E-state index in [4.69, 9.17) is 5.73 Å². The second kappa shape index (κ2) is 10.8. The molecule has 2 aromatic carbocycles. The Morgan fingerprint density at radius 1 is 1.21 bits per heavy atom. The van der Waals surface area contributed by atoms with Crippen molar-refractivity contribution >= 4 is 39.9 Å². The van der Waals surface area contributed by atoms with E-state index in [9.17, 15) is 14.7 Å². The van der Waals surface area contributed by atoms with Crippen LogP contribution < -0.4 is 5.73 Å². The number of carbonyl (C=O) groups excluding carboxylic acids is 2. The topological polar surface area (TPSA) is 109 Å². The van der Waals surface area contributed by atoms with Gasteiger partial charge in [-0.3, -0.25) is 9.59 Å². The highest BCUT2D eigenvalue weighted by Gasteiger charge is 2.32. The number of aryl methyl sites for hydroxylation is 1. The quantitative estimate of drug-likeness (QED) is 0.441. The molecule has 0 aliphatic carbocycles. The summed E-state index contributed by atoms with van der Waals surface area (Å²) in [6, 6.07) is 14.0. The predicted octanol–water partition coefficient (Wildman–Crippen LogP) is 4.33. The van der Waals surface area contributed by atoms with Crippen molar-refractivity contribution < 1.29 is 14.7 Å². The number of rotatable bonds is 9. The number of aromatic nitrogens is 2. The van der Waals surface area contributed by atoms with Crippen LogP contribution in [-0.2, 0) is 21.5 Å². The zero-order valence-electron chi connectivity index (χ0n) is 19.9. The van der Waals surface area contributed by atoms with Gasteiger partial charge < -0.3 is 15.7 Å². The smallest absolute Gasteiger partial charge is 0.214 e. The van der Waals surface area contributed by atoms with Gasteiger partial charge in [0.05, 0.1) is 12.0 Å². The van der Waals surface area contributed by atoms with Gasteiger partial charge in [0, 0.05) is 35.4 Å². The van der Waals surface area contributed by atoms with Crippen LogP contribution in [-0.4, -0.2) is 38.1 Å². The Hall–Kier alpha value is -3.23. The van der Waals surface area contributed by atoms with Gasteiger partial charge in [-0.25, -0.2) is 9.97 Å². The number of anilines is 1. The molecule has 1 heterocycles. The molecule has 3 aromatic rings. The number of aliphatic hydroxyl groups excluding tert-OH is 1. The molecule has 0 unspecified atom stereocenters. The SMILES string of the molecule is CC(=C(CCO)SC(=O)C(C)(C)c1ccc2ccccc2c1)N(C=O)Cc1cnc(C)nc1N. The fraction of sp³-hybridized carbons (Fsp3) is 0.308. The number of thioether (sulfide) groups is 1. The molecule has 0 fully saturated rings. The summed E-state index contributed by atoms with van der Waals surface area (Å²) in [4.78, 5) is 35.8. The minimum Gasteiger partial charge on any atom is -0.396 e. The Kier molecular flexibility index (Phi) is 8.06. The normalized spacial score (nSPS) is 12.4. The van der Waals surface area contributed by atoms with Crippen LogP contribution in [0.2, 0.25) is 0 Å². The average Bonchev–Trinajstić information content (AvgIpc) is 2.82. The number of nitrogen functional groups attached to an aromatic ring is 1.